The smallest absolute Gasteiger partial charge is 0.252 e. The first kappa shape index (κ1) is 26.7. The Morgan fingerprint density at radius 2 is 1.71 bits per heavy atom. The topological polar surface area (TPSA) is 117 Å². The number of pyridine rings is 1. The third-order valence-electron chi connectivity index (χ3n) is 8.31. The van der Waals surface area contributed by atoms with Crippen LogP contribution in [0.5, 0.6) is 0 Å². The highest BCUT2D eigenvalue weighted by molar-refractivity contribution is 9.10. The van der Waals surface area contributed by atoms with Crippen LogP contribution >= 0.6 is 15.9 Å². The summed E-state index contributed by atoms with van der Waals surface area (Å²) >= 11 is 3.48. The molecule has 1 aromatic heterocycles. The van der Waals surface area contributed by atoms with E-state index >= 15 is 0 Å². The SMILES string of the molecule is CC(C)[C@H](C)Nc1cc(C(=O)NC2C[C@H]3CC[C@@H](C2)N3c2ccc(C(=O)C3CC3)cn2)c(Br)cc1C(N)=O. The first-order chi connectivity index (χ1) is 18.1. The van der Waals surface area contributed by atoms with E-state index in [0.717, 1.165) is 44.3 Å². The van der Waals surface area contributed by atoms with E-state index in [1.807, 2.05) is 19.1 Å². The standard InChI is InChI=1S/C29H36BrN5O3/c1-15(2)16(3)33-25-13-22(24(30)12-23(25)28(31)37)29(38)34-19-10-20-7-8-21(11-19)35(20)26-9-6-18(14-32-26)27(36)17-4-5-17/h6,9,12-17,19-21,33H,4-5,7-8,10-11H2,1-3H3,(H2,31,37)(H,34,38)/t16-,19?,20-,21+/m0/s1. The summed E-state index contributed by atoms with van der Waals surface area (Å²) in [6.07, 6.45) is 7.48. The number of piperidine rings is 1. The number of anilines is 2. The van der Waals surface area contributed by atoms with E-state index in [-0.39, 0.29) is 29.7 Å². The van der Waals surface area contributed by atoms with Gasteiger partial charge in [-0.05, 0) is 91.6 Å². The second-order valence-electron chi connectivity index (χ2n) is 11.4. The normalized spacial score (nSPS) is 23.3. The van der Waals surface area contributed by atoms with E-state index in [1.54, 1.807) is 18.3 Å². The number of hydrogen-bond acceptors (Lipinski definition) is 6. The van der Waals surface area contributed by atoms with Crippen LogP contribution in [0, 0.1) is 11.8 Å². The van der Waals surface area contributed by atoms with Gasteiger partial charge in [0.1, 0.15) is 5.82 Å². The van der Waals surface area contributed by atoms with Crippen molar-refractivity contribution in [2.45, 2.75) is 83.5 Å². The van der Waals surface area contributed by atoms with E-state index in [0.29, 0.717) is 44.9 Å². The van der Waals surface area contributed by atoms with Crippen LogP contribution in [0.1, 0.15) is 90.4 Å². The Morgan fingerprint density at radius 3 is 2.26 bits per heavy atom. The number of ketones is 1. The van der Waals surface area contributed by atoms with Gasteiger partial charge in [0.2, 0.25) is 0 Å². The Bertz CT molecular complexity index is 1230. The maximum absolute atomic E-state index is 13.4. The Kier molecular flexibility index (Phi) is 7.49. The van der Waals surface area contributed by atoms with Crippen molar-refractivity contribution in [3.05, 3.63) is 51.6 Å². The molecule has 2 aromatic rings. The fourth-order valence-corrected chi connectivity index (χ4v) is 6.20. The first-order valence-corrected chi connectivity index (χ1v) is 14.4. The molecule has 0 spiro atoms. The third-order valence-corrected chi connectivity index (χ3v) is 8.97. The van der Waals surface area contributed by atoms with Gasteiger partial charge in [0.25, 0.3) is 11.8 Å². The summed E-state index contributed by atoms with van der Waals surface area (Å²) in [5.41, 5.74) is 7.72. The lowest BCUT2D eigenvalue weighted by atomic mass is 9.96. The molecule has 202 valence electrons. The molecule has 5 rings (SSSR count). The molecule has 2 aliphatic heterocycles. The molecule has 1 aromatic carbocycles. The zero-order chi connectivity index (χ0) is 27.1. The molecule has 2 saturated heterocycles. The van der Waals surface area contributed by atoms with Crippen LogP contribution in [-0.4, -0.2) is 46.7 Å². The van der Waals surface area contributed by atoms with Gasteiger partial charge in [0.15, 0.2) is 5.78 Å². The second kappa shape index (κ2) is 10.7. The van der Waals surface area contributed by atoms with Crippen molar-refractivity contribution in [2.24, 2.45) is 17.6 Å². The van der Waals surface area contributed by atoms with Gasteiger partial charge >= 0.3 is 0 Å². The lowest BCUT2D eigenvalue weighted by Gasteiger charge is -2.40. The van der Waals surface area contributed by atoms with Gasteiger partial charge in [0.05, 0.1) is 11.1 Å². The van der Waals surface area contributed by atoms with Crippen molar-refractivity contribution < 1.29 is 14.4 Å². The van der Waals surface area contributed by atoms with E-state index in [9.17, 15) is 14.4 Å². The molecule has 3 aliphatic rings. The molecule has 1 unspecified atom stereocenters. The fraction of sp³-hybridized carbons (Fsp3) is 0.517. The zero-order valence-corrected chi connectivity index (χ0v) is 23.8. The van der Waals surface area contributed by atoms with Gasteiger partial charge in [-0.3, -0.25) is 14.4 Å². The van der Waals surface area contributed by atoms with Crippen LogP contribution in [0.3, 0.4) is 0 Å². The Morgan fingerprint density at radius 1 is 1.03 bits per heavy atom. The summed E-state index contributed by atoms with van der Waals surface area (Å²) in [5, 5.41) is 6.59. The molecular weight excluding hydrogens is 546 g/mol. The van der Waals surface area contributed by atoms with Crippen LogP contribution in [0.4, 0.5) is 11.5 Å². The molecule has 38 heavy (non-hydrogen) atoms. The van der Waals surface area contributed by atoms with E-state index < -0.39 is 5.91 Å². The number of fused-ring (bicyclic) bond motifs is 2. The van der Waals surface area contributed by atoms with Gasteiger partial charge < -0.3 is 21.3 Å². The van der Waals surface area contributed by atoms with Crippen LogP contribution in [-0.2, 0) is 0 Å². The van der Waals surface area contributed by atoms with E-state index in [1.165, 1.54) is 0 Å². The molecule has 0 radical (unpaired) electrons. The summed E-state index contributed by atoms with van der Waals surface area (Å²) < 4.78 is 0.539. The lowest BCUT2D eigenvalue weighted by molar-refractivity contribution is 0.0923. The summed E-state index contributed by atoms with van der Waals surface area (Å²) in [7, 11) is 0. The van der Waals surface area contributed by atoms with Crippen LogP contribution in [0.25, 0.3) is 0 Å². The highest BCUT2D eigenvalue weighted by Crippen LogP contribution is 2.39. The predicted octanol–water partition coefficient (Wildman–Crippen LogP) is 4.92. The number of hydrogen-bond donors (Lipinski definition) is 3. The Labute approximate surface area is 232 Å². The van der Waals surface area contributed by atoms with Crippen molar-refractivity contribution in [1.29, 1.82) is 0 Å². The zero-order valence-electron chi connectivity index (χ0n) is 22.2. The Balaban J connectivity index is 1.27. The number of aromatic nitrogens is 1. The molecule has 2 amide bonds. The predicted molar refractivity (Wildman–Crippen MR) is 152 cm³/mol. The number of rotatable bonds is 9. The van der Waals surface area contributed by atoms with Crippen molar-refractivity contribution >= 4 is 45.0 Å². The average Bonchev–Trinajstić information content (AvgIpc) is 3.69. The fourth-order valence-electron chi connectivity index (χ4n) is 5.68. The number of primary amides is 1. The summed E-state index contributed by atoms with van der Waals surface area (Å²) in [6.45, 7) is 6.22. The molecule has 4 atom stereocenters. The van der Waals surface area contributed by atoms with Gasteiger partial charge in [0, 0.05) is 52.0 Å². The third kappa shape index (κ3) is 5.44. The Hall–Kier alpha value is -2.94. The molecule has 3 heterocycles. The molecule has 1 saturated carbocycles. The number of halogens is 1. The van der Waals surface area contributed by atoms with Gasteiger partial charge in [-0.15, -0.1) is 0 Å². The monoisotopic (exact) mass is 581 g/mol. The quantitative estimate of drug-likeness (QED) is 0.362. The molecule has 2 bridgehead atoms. The molecular formula is C29H36BrN5O3. The summed E-state index contributed by atoms with van der Waals surface area (Å²) in [5.74, 6) is 0.929. The number of carbonyl (C=O) groups excluding carboxylic acids is 3. The largest absolute Gasteiger partial charge is 0.382 e. The number of carbonyl (C=O) groups is 3. The maximum Gasteiger partial charge on any atom is 0.252 e. The lowest BCUT2D eigenvalue weighted by Crippen LogP contribution is -2.50. The second-order valence-corrected chi connectivity index (χ2v) is 12.3. The minimum atomic E-state index is -0.543. The van der Waals surface area contributed by atoms with Crippen molar-refractivity contribution in [3.63, 3.8) is 0 Å². The van der Waals surface area contributed by atoms with E-state index in [4.69, 9.17) is 5.73 Å². The van der Waals surface area contributed by atoms with Gasteiger partial charge in [-0.1, -0.05) is 13.8 Å². The van der Waals surface area contributed by atoms with Gasteiger partial charge in [-0.25, -0.2) is 4.98 Å². The summed E-state index contributed by atoms with van der Waals surface area (Å²) in [4.78, 5) is 44.8. The van der Waals surface area contributed by atoms with Crippen LogP contribution in [0.15, 0.2) is 34.9 Å². The molecule has 3 fully saturated rings. The number of Topliss-reactive ketones (excluding diaryl/α,β-unsaturated/α-hetero) is 1. The minimum absolute atomic E-state index is 0.0423. The number of nitrogens with zero attached hydrogens (tertiary/aromatic N) is 2. The van der Waals surface area contributed by atoms with Crippen molar-refractivity contribution in [1.82, 2.24) is 10.3 Å². The van der Waals surface area contributed by atoms with Crippen LogP contribution in [0.2, 0.25) is 0 Å². The number of nitrogens with two attached hydrogens (primary N) is 1. The number of amides is 2. The maximum atomic E-state index is 13.4. The van der Waals surface area contributed by atoms with Gasteiger partial charge in [-0.2, -0.15) is 0 Å². The number of nitrogens with one attached hydrogen (secondary N) is 2. The molecule has 9 heteroatoms. The first-order valence-electron chi connectivity index (χ1n) is 13.6. The van der Waals surface area contributed by atoms with Crippen LogP contribution < -0.4 is 21.3 Å². The van der Waals surface area contributed by atoms with Crippen molar-refractivity contribution in [2.75, 3.05) is 10.2 Å². The average molecular weight is 583 g/mol. The molecule has 4 N–H and O–H groups in total. The van der Waals surface area contributed by atoms with E-state index in [2.05, 4.69) is 50.3 Å². The minimum Gasteiger partial charge on any atom is -0.382 e. The van der Waals surface area contributed by atoms with Crippen molar-refractivity contribution in [3.8, 4) is 0 Å². The molecule has 1 aliphatic carbocycles. The number of benzene rings is 1. The highest BCUT2D eigenvalue weighted by atomic mass is 79.9. The highest BCUT2D eigenvalue weighted by Gasteiger charge is 2.42. The summed E-state index contributed by atoms with van der Waals surface area (Å²) in [6, 6.07) is 7.96. The molecule has 8 nitrogen and oxygen atoms in total.